The Labute approximate surface area is 104 Å². The Morgan fingerprint density at radius 2 is 2.44 bits per heavy atom. The molecule has 0 spiro atoms. The topological polar surface area (TPSA) is 89.0 Å². The van der Waals surface area contributed by atoms with Crippen molar-refractivity contribution >= 4 is 0 Å². The molecule has 1 atom stereocenters. The lowest BCUT2D eigenvalue weighted by molar-refractivity contribution is -0.0167. The van der Waals surface area contributed by atoms with Crippen LogP contribution in [0.5, 0.6) is 0 Å². The van der Waals surface area contributed by atoms with Crippen LogP contribution in [0.25, 0.3) is 11.5 Å². The minimum absolute atomic E-state index is 0.269. The van der Waals surface area contributed by atoms with Gasteiger partial charge in [0.15, 0.2) is 5.60 Å². The largest absolute Gasteiger partial charge is 0.379 e. The van der Waals surface area contributed by atoms with E-state index < -0.39 is 5.60 Å². The van der Waals surface area contributed by atoms with Crippen molar-refractivity contribution in [3.63, 3.8) is 0 Å². The van der Waals surface area contributed by atoms with Crippen LogP contribution in [0.15, 0.2) is 17.0 Å². The molecule has 1 fully saturated rings. The van der Waals surface area contributed by atoms with Crippen molar-refractivity contribution in [1.82, 2.24) is 25.0 Å². The van der Waals surface area contributed by atoms with Crippen LogP contribution < -0.4 is 5.32 Å². The summed E-state index contributed by atoms with van der Waals surface area (Å²) in [5, 5.41) is 17.5. The van der Waals surface area contributed by atoms with Crippen molar-refractivity contribution < 1.29 is 9.63 Å². The van der Waals surface area contributed by atoms with Gasteiger partial charge in [0.25, 0.3) is 5.89 Å². The van der Waals surface area contributed by atoms with E-state index in [4.69, 9.17) is 4.52 Å². The molecular weight excluding hydrogens is 234 g/mol. The number of hydrogen-bond acceptors (Lipinski definition) is 6. The fraction of sp³-hybridized carbons (Fsp3) is 0.545. The number of imidazole rings is 1. The smallest absolute Gasteiger partial charge is 0.260 e. The molecule has 1 unspecified atom stereocenters. The number of hydrogen-bond donors (Lipinski definition) is 2. The summed E-state index contributed by atoms with van der Waals surface area (Å²) in [6.45, 7) is 1.35. The Balaban J connectivity index is 1.92. The molecule has 1 saturated heterocycles. The molecule has 0 saturated carbocycles. The maximum absolute atomic E-state index is 10.4. The van der Waals surface area contributed by atoms with Crippen molar-refractivity contribution in [2.45, 2.75) is 18.4 Å². The zero-order chi connectivity index (χ0) is 12.6. The number of nitrogens with zero attached hydrogens (tertiary/aromatic N) is 4. The van der Waals surface area contributed by atoms with Crippen molar-refractivity contribution in [3.8, 4) is 11.5 Å². The lowest BCUT2D eigenvalue weighted by atomic mass is 9.94. The average molecular weight is 249 g/mol. The van der Waals surface area contributed by atoms with Gasteiger partial charge in [0.2, 0.25) is 5.82 Å². The van der Waals surface area contributed by atoms with E-state index in [1.807, 2.05) is 7.05 Å². The van der Waals surface area contributed by atoms with Gasteiger partial charge in [-0.05, 0) is 19.4 Å². The van der Waals surface area contributed by atoms with Gasteiger partial charge in [0, 0.05) is 13.6 Å². The predicted molar refractivity (Wildman–Crippen MR) is 62.5 cm³/mol. The lowest BCUT2D eigenvalue weighted by Gasteiger charge is -2.28. The summed E-state index contributed by atoms with van der Waals surface area (Å²) in [6, 6.07) is 0. The molecule has 2 aromatic heterocycles. The van der Waals surface area contributed by atoms with E-state index in [0.717, 1.165) is 18.7 Å². The Hall–Kier alpha value is -1.73. The molecule has 3 rings (SSSR count). The molecule has 7 heteroatoms. The van der Waals surface area contributed by atoms with Crippen LogP contribution in [-0.2, 0) is 12.6 Å². The quantitative estimate of drug-likeness (QED) is 0.781. The highest BCUT2D eigenvalue weighted by Gasteiger charge is 2.37. The van der Waals surface area contributed by atoms with Crippen LogP contribution in [-0.4, -0.2) is 37.9 Å². The van der Waals surface area contributed by atoms with Gasteiger partial charge in [-0.1, -0.05) is 5.16 Å². The van der Waals surface area contributed by atoms with Gasteiger partial charge < -0.3 is 19.5 Å². The Morgan fingerprint density at radius 3 is 3.11 bits per heavy atom. The van der Waals surface area contributed by atoms with Crippen molar-refractivity contribution in [1.29, 1.82) is 0 Å². The molecule has 0 aliphatic carbocycles. The van der Waals surface area contributed by atoms with Crippen LogP contribution >= 0.6 is 0 Å². The molecule has 18 heavy (non-hydrogen) atoms. The van der Waals surface area contributed by atoms with E-state index in [-0.39, 0.29) is 5.89 Å². The first-order valence-electron chi connectivity index (χ1n) is 5.93. The highest BCUT2D eigenvalue weighted by atomic mass is 16.5. The third-order valence-electron chi connectivity index (χ3n) is 3.23. The summed E-state index contributed by atoms with van der Waals surface area (Å²) < 4.78 is 7.00. The number of nitrogens with one attached hydrogen (secondary N) is 1. The van der Waals surface area contributed by atoms with Crippen LogP contribution in [0, 0.1) is 0 Å². The number of rotatable bonds is 2. The molecule has 0 amide bonds. The van der Waals surface area contributed by atoms with Gasteiger partial charge in [0.1, 0.15) is 5.69 Å². The molecule has 0 aromatic carbocycles. The van der Waals surface area contributed by atoms with Crippen LogP contribution in [0.3, 0.4) is 0 Å². The monoisotopic (exact) mass is 249 g/mol. The molecule has 1 aliphatic heterocycles. The number of aliphatic hydroxyl groups is 1. The number of piperidine rings is 1. The van der Waals surface area contributed by atoms with Crippen molar-refractivity contribution in [3.05, 3.63) is 18.4 Å². The third-order valence-corrected chi connectivity index (χ3v) is 3.23. The SMILES string of the molecule is Cn1cncc1-c1noc(C2(O)CCCNC2)n1. The van der Waals surface area contributed by atoms with Crippen LogP contribution in [0.4, 0.5) is 0 Å². The summed E-state index contributed by atoms with van der Waals surface area (Å²) >= 11 is 0. The predicted octanol–water partition coefficient (Wildman–Crippen LogP) is 0.0411. The third kappa shape index (κ3) is 1.81. The molecule has 0 radical (unpaired) electrons. The number of β-amino-alcohol motifs (C(OH)–C–C–N with tert-alkyl or cyclic N) is 1. The van der Waals surface area contributed by atoms with Crippen LogP contribution in [0.1, 0.15) is 18.7 Å². The molecule has 7 nitrogen and oxygen atoms in total. The first kappa shape index (κ1) is 11.4. The Morgan fingerprint density at radius 1 is 1.56 bits per heavy atom. The van der Waals surface area contributed by atoms with E-state index in [1.54, 1.807) is 17.1 Å². The summed E-state index contributed by atoms with van der Waals surface area (Å²) in [4.78, 5) is 8.28. The molecule has 2 aromatic rings. The molecule has 0 bridgehead atoms. The van der Waals surface area contributed by atoms with Gasteiger partial charge in [-0.15, -0.1) is 0 Å². The summed E-state index contributed by atoms with van der Waals surface area (Å²) in [5.41, 5.74) is -0.292. The second-order valence-corrected chi connectivity index (χ2v) is 4.62. The molecule has 3 heterocycles. The maximum atomic E-state index is 10.4. The fourth-order valence-electron chi connectivity index (χ4n) is 2.16. The summed E-state index contributed by atoms with van der Waals surface area (Å²) in [7, 11) is 1.86. The maximum Gasteiger partial charge on any atom is 0.260 e. The normalized spacial score (nSPS) is 24.3. The van der Waals surface area contributed by atoms with Gasteiger partial charge in [-0.25, -0.2) is 4.98 Å². The molecule has 1 aliphatic rings. The highest BCUT2D eigenvalue weighted by molar-refractivity contribution is 5.47. The standard InChI is InChI=1S/C11H15N5O2/c1-16-7-13-5-8(16)9-14-10(18-15-9)11(17)3-2-4-12-6-11/h5,7,12,17H,2-4,6H2,1H3. The van der Waals surface area contributed by atoms with Crippen molar-refractivity contribution in [2.24, 2.45) is 7.05 Å². The van der Waals surface area contributed by atoms with Gasteiger partial charge in [-0.2, -0.15) is 4.98 Å². The van der Waals surface area contributed by atoms with E-state index >= 15 is 0 Å². The minimum atomic E-state index is -1.05. The second kappa shape index (κ2) is 4.18. The van der Waals surface area contributed by atoms with Gasteiger partial charge >= 0.3 is 0 Å². The number of aryl methyl sites for hydroxylation is 1. The number of aromatic nitrogens is 4. The van der Waals surface area contributed by atoms with Gasteiger partial charge in [0.05, 0.1) is 12.5 Å². The average Bonchev–Trinajstić information content (AvgIpc) is 2.98. The van der Waals surface area contributed by atoms with Crippen LogP contribution in [0.2, 0.25) is 0 Å². The lowest BCUT2D eigenvalue weighted by Crippen LogP contribution is -2.43. The first-order valence-corrected chi connectivity index (χ1v) is 5.93. The van der Waals surface area contributed by atoms with E-state index in [0.29, 0.717) is 18.8 Å². The molecule has 2 N–H and O–H groups in total. The summed E-state index contributed by atoms with van der Waals surface area (Å²) in [5.74, 6) is 0.717. The van der Waals surface area contributed by atoms with E-state index in [1.165, 1.54) is 0 Å². The van der Waals surface area contributed by atoms with Gasteiger partial charge in [-0.3, -0.25) is 0 Å². The Kier molecular flexibility index (Phi) is 2.64. The van der Waals surface area contributed by atoms with E-state index in [2.05, 4.69) is 20.4 Å². The van der Waals surface area contributed by atoms with E-state index in [9.17, 15) is 5.11 Å². The summed E-state index contributed by atoms with van der Waals surface area (Å²) in [6.07, 6.45) is 4.85. The minimum Gasteiger partial charge on any atom is -0.379 e. The van der Waals surface area contributed by atoms with Crippen molar-refractivity contribution in [2.75, 3.05) is 13.1 Å². The highest BCUT2D eigenvalue weighted by Crippen LogP contribution is 2.28. The zero-order valence-corrected chi connectivity index (χ0v) is 10.1. The second-order valence-electron chi connectivity index (χ2n) is 4.62. The first-order chi connectivity index (χ1) is 8.69. The molecule has 96 valence electrons. The Bertz CT molecular complexity index is 541. The molecular formula is C11H15N5O2. The fourth-order valence-corrected chi connectivity index (χ4v) is 2.16. The zero-order valence-electron chi connectivity index (χ0n) is 10.1.